The van der Waals surface area contributed by atoms with Crippen molar-refractivity contribution in [2.24, 2.45) is 5.73 Å². The number of ether oxygens (including phenoxy) is 1. The van der Waals surface area contributed by atoms with Crippen LogP contribution in [0.15, 0.2) is 24.3 Å². The molecule has 2 atom stereocenters. The number of hydrogen-bond acceptors (Lipinski definition) is 4. The number of primary amides is 1. The van der Waals surface area contributed by atoms with Crippen LogP contribution in [0.2, 0.25) is 0 Å². The molecule has 0 heterocycles. The Kier molecular flexibility index (Phi) is 5.61. The Bertz CT molecular complexity index is 378. The lowest BCUT2D eigenvalue weighted by Gasteiger charge is -2.15. The number of carbonyl (C=O) groups excluding carboxylic acids is 1. The predicted octanol–water partition coefficient (Wildman–Crippen LogP) is 0.198. The number of aryl methyl sites for hydroxylation is 1. The van der Waals surface area contributed by atoms with Crippen LogP contribution in [-0.4, -0.2) is 36.3 Å². The van der Waals surface area contributed by atoms with Crippen molar-refractivity contribution in [1.82, 2.24) is 5.32 Å². The molecule has 5 nitrogen and oxygen atoms in total. The molecule has 2 unspecified atom stereocenters. The number of carbonyl (C=O) groups is 1. The van der Waals surface area contributed by atoms with Crippen LogP contribution in [-0.2, 0) is 4.79 Å². The van der Waals surface area contributed by atoms with Crippen LogP contribution in [0.25, 0.3) is 0 Å². The van der Waals surface area contributed by atoms with Gasteiger partial charge in [-0.3, -0.25) is 4.79 Å². The third-order valence-corrected chi connectivity index (χ3v) is 2.55. The second-order valence-corrected chi connectivity index (χ2v) is 4.31. The van der Waals surface area contributed by atoms with Gasteiger partial charge in [0.25, 0.3) is 0 Å². The molecule has 1 amide bonds. The zero-order chi connectivity index (χ0) is 13.5. The molecule has 5 heteroatoms. The minimum atomic E-state index is -0.687. The zero-order valence-corrected chi connectivity index (χ0v) is 10.7. The van der Waals surface area contributed by atoms with E-state index in [1.165, 1.54) is 0 Å². The topological polar surface area (TPSA) is 84.6 Å². The van der Waals surface area contributed by atoms with Gasteiger partial charge in [-0.25, -0.2) is 0 Å². The Balaban J connectivity index is 2.26. The molecule has 18 heavy (non-hydrogen) atoms. The Hall–Kier alpha value is -1.59. The van der Waals surface area contributed by atoms with Crippen molar-refractivity contribution in [2.75, 3.05) is 13.2 Å². The molecule has 0 aliphatic heterocycles. The van der Waals surface area contributed by atoms with E-state index >= 15 is 0 Å². The lowest BCUT2D eigenvalue weighted by atomic mass is 10.2. The maximum atomic E-state index is 10.8. The number of rotatable bonds is 7. The van der Waals surface area contributed by atoms with Gasteiger partial charge in [0.15, 0.2) is 0 Å². The van der Waals surface area contributed by atoms with Gasteiger partial charge in [-0.15, -0.1) is 0 Å². The van der Waals surface area contributed by atoms with E-state index in [0.717, 1.165) is 5.56 Å². The second-order valence-electron chi connectivity index (χ2n) is 4.31. The molecule has 4 N–H and O–H groups in total. The van der Waals surface area contributed by atoms with Gasteiger partial charge in [0.1, 0.15) is 18.5 Å². The summed E-state index contributed by atoms with van der Waals surface area (Å²) in [7, 11) is 0. The van der Waals surface area contributed by atoms with Crippen molar-refractivity contribution >= 4 is 5.91 Å². The minimum absolute atomic E-state index is 0.168. The first kappa shape index (κ1) is 14.5. The Morgan fingerprint density at radius 3 is 2.61 bits per heavy atom. The van der Waals surface area contributed by atoms with Crippen LogP contribution in [0.5, 0.6) is 5.75 Å². The van der Waals surface area contributed by atoms with Crippen molar-refractivity contribution in [3.05, 3.63) is 29.8 Å². The number of nitrogens with one attached hydrogen (secondary N) is 1. The highest BCUT2D eigenvalue weighted by Gasteiger charge is 2.11. The molecule has 1 aromatic rings. The predicted molar refractivity (Wildman–Crippen MR) is 69.3 cm³/mol. The highest BCUT2D eigenvalue weighted by molar-refractivity contribution is 5.79. The van der Waals surface area contributed by atoms with Crippen LogP contribution < -0.4 is 15.8 Å². The Labute approximate surface area is 107 Å². The summed E-state index contributed by atoms with van der Waals surface area (Å²) in [5.41, 5.74) is 6.24. The van der Waals surface area contributed by atoms with E-state index in [9.17, 15) is 9.90 Å². The molecule has 0 aliphatic rings. The number of hydrogen-bond donors (Lipinski definition) is 3. The molecule has 0 aromatic heterocycles. The Morgan fingerprint density at radius 1 is 1.44 bits per heavy atom. The van der Waals surface area contributed by atoms with Crippen molar-refractivity contribution in [3.8, 4) is 5.75 Å². The first-order chi connectivity index (χ1) is 8.49. The van der Waals surface area contributed by atoms with Crippen LogP contribution in [0.1, 0.15) is 12.5 Å². The third-order valence-electron chi connectivity index (χ3n) is 2.55. The fraction of sp³-hybridized carbons (Fsp3) is 0.462. The number of nitrogens with two attached hydrogens (primary N) is 1. The maximum Gasteiger partial charge on any atom is 0.234 e. The van der Waals surface area contributed by atoms with Gasteiger partial charge in [-0.2, -0.15) is 0 Å². The van der Waals surface area contributed by atoms with Crippen molar-refractivity contribution in [1.29, 1.82) is 0 Å². The van der Waals surface area contributed by atoms with Crippen LogP contribution in [0.4, 0.5) is 0 Å². The molecule has 100 valence electrons. The van der Waals surface area contributed by atoms with Crippen LogP contribution >= 0.6 is 0 Å². The smallest absolute Gasteiger partial charge is 0.234 e. The van der Waals surface area contributed by atoms with Crippen molar-refractivity contribution < 1.29 is 14.6 Å². The Morgan fingerprint density at radius 2 is 2.06 bits per heavy atom. The summed E-state index contributed by atoms with van der Waals surface area (Å²) in [6.45, 7) is 4.07. The number of amides is 1. The first-order valence-electron chi connectivity index (χ1n) is 5.89. The minimum Gasteiger partial charge on any atom is -0.491 e. The van der Waals surface area contributed by atoms with Gasteiger partial charge in [-0.1, -0.05) is 17.7 Å². The lowest BCUT2D eigenvalue weighted by molar-refractivity contribution is -0.119. The standard InChI is InChI=1S/C13H20N2O3/c1-9-3-5-12(6-4-9)18-8-11(16)7-15-10(2)13(14)17/h3-6,10-11,15-16H,7-8H2,1-2H3,(H2,14,17). The van der Waals surface area contributed by atoms with E-state index in [1.54, 1.807) is 6.92 Å². The fourth-order valence-electron chi connectivity index (χ4n) is 1.30. The molecule has 0 saturated heterocycles. The SMILES string of the molecule is Cc1ccc(OCC(O)CNC(C)C(N)=O)cc1. The lowest BCUT2D eigenvalue weighted by Crippen LogP contribution is -2.43. The van der Waals surface area contributed by atoms with Gasteiger partial charge in [-0.05, 0) is 26.0 Å². The third kappa shape index (κ3) is 5.16. The highest BCUT2D eigenvalue weighted by atomic mass is 16.5. The number of benzene rings is 1. The summed E-state index contributed by atoms with van der Waals surface area (Å²) in [6, 6.07) is 7.12. The number of aliphatic hydroxyl groups excluding tert-OH is 1. The quantitative estimate of drug-likeness (QED) is 0.647. The summed E-state index contributed by atoms with van der Waals surface area (Å²) >= 11 is 0. The van der Waals surface area contributed by atoms with Gasteiger partial charge in [0, 0.05) is 6.54 Å². The molecular formula is C13H20N2O3. The van der Waals surface area contributed by atoms with Gasteiger partial charge in [0.2, 0.25) is 5.91 Å². The average molecular weight is 252 g/mol. The number of aliphatic hydroxyl groups is 1. The van der Waals surface area contributed by atoms with Gasteiger partial charge >= 0.3 is 0 Å². The molecule has 0 fully saturated rings. The molecule has 0 radical (unpaired) electrons. The second kappa shape index (κ2) is 6.98. The molecule has 1 aromatic carbocycles. The summed E-state index contributed by atoms with van der Waals surface area (Å²) in [5, 5.41) is 12.5. The molecule has 0 spiro atoms. The monoisotopic (exact) mass is 252 g/mol. The van der Waals surface area contributed by atoms with Crippen molar-refractivity contribution in [3.63, 3.8) is 0 Å². The summed E-state index contributed by atoms with van der Waals surface area (Å²) in [5.74, 6) is 0.268. The highest BCUT2D eigenvalue weighted by Crippen LogP contribution is 2.11. The first-order valence-corrected chi connectivity index (χ1v) is 5.89. The van der Waals surface area contributed by atoms with Crippen LogP contribution in [0, 0.1) is 6.92 Å². The zero-order valence-electron chi connectivity index (χ0n) is 10.7. The van der Waals surface area contributed by atoms with Crippen molar-refractivity contribution in [2.45, 2.75) is 26.0 Å². The molecular weight excluding hydrogens is 232 g/mol. The normalized spacial score (nSPS) is 13.9. The summed E-state index contributed by atoms with van der Waals surface area (Å²) in [6.07, 6.45) is -0.687. The molecule has 0 saturated carbocycles. The van der Waals surface area contributed by atoms with Gasteiger partial charge < -0.3 is 20.9 Å². The van der Waals surface area contributed by atoms with E-state index in [-0.39, 0.29) is 13.2 Å². The largest absolute Gasteiger partial charge is 0.491 e. The van der Waals surface area contributed by atoms with E-state index in [1.807, 2.05) is 31.2 Å². The van der Waals surface area contributed by atoms with E-state index in [2.05, 4.69) is 5.32 Å². The summed E-state index contributed by atoms with van der Waals surface area (Å²) in [4.78, 5) is 10.8. The van der Waals surface area contributed by atoms with Gasteiger partial charge in [0.05, 0.1) is 6.04 Å². The van der Waals surface area contributed by atoms with Crippen LogP contribution in [0.3, 0.4) is 0 Å². The molecule has 0 bridgehead atoms. The van der Waals surface area contributed by atoms with E-state index in [0.29, 0.717) is 5.75 Å². The van der Waals surface area contributed by atoms with E-state index in [4.69, 9.17) is 10.5 Å². The average Bonchev–Trinajstić information content (AvgIpc) is 2.35. The summed E-state index contributed by atoms with van der Waals surface area (Å²) < 4.78 is 5.41. The molecule has 0 aliphatic carbocycles. The fourth-order valence-corrected chi connectivity index (χ4v) is 1.30. The molecule has 1 rings (SSSR count). The van der Waals surface area contributed by atoms with E-state index < -0.39 is 18.1 Å². The maximum absolute atomic E-state index is 10.8.